The van der Waals surface area contributed by atoms with Crippen molar-refractivity contribution in [3.05, 3.63) is 29.8 Å². The van der Waals surface area contributed by atoms with Crippen LogP contribution in [-0.2, 0) is 25.6 Å². The van der Waals surface area contributed by atoms with E-state index in [9.17, 15) is 29.4 Å². The summed E-state index contributed by atoms with van der Waals surface area (Å²) in [6.07, 6.45) is 1.73. The average Bonchev–Trinajstić information content (AvgIpc) is 3.31. The number of aromatic hydroxyl groups is 1. The summed E-state index contributed by atoms with van der Waals surface area (Å²) in [5, 5.41) is 23.9. The number of amides is 3. The van der Waals surface area contributed by atoms with Crippen LogP contribution >= 0.6 is 0 Å². The van der Waals surface area contributed by atoms with Gasteiger partial charge < -0.3 is 42.9 Å². The third-order valence-electron chi connectivity index (χ3n) is 5.56. The van der Waals surface area contributed by atoms with Crippen LogP contribution in [-0.4, -0.2) is 82.5 Å². The van der Waals surface area contributed by atoms with Crippen LogP contribution in [0.3, 0.4) is 0 Å². The SMILES string of the molecule is NC(N)=NCCCC(N)C(=O)NCC(=O)NC(Cc1ccc(O)cc1)C(=O)N1CCCC1C(=O)O. The lowest BCUT2D eigenvalue weighted by Gasteiger charge is -2.27. The molecule has 0 radical (unpaired) electrons. The monoisotopic (exact) mass is 491 g/mol. The molecule has 3 unspecified atom stereocenters. The van der Waals surface area contributed by atoms with Gasteiger partial charge in [-0.25, -0.2) is 4.79 Å². The Morgan fingerprint density at radius 1 is 1.17 bits per heavy atom. The van der Waals surface area contributed by atoms with Gasteiger partial charge in [0.1, 0.15) is 17.8 Å². The molecule has 10 N–H and O–H groups in total. The van der Waals surface area contributed by atoms with Crippen LogP contribution in [0.5, 0.6) is 5.75 Å². The number of nitrogens with zero attached hydrogens (tertiary/aromatic N) is 2. The van der Waals surface area contributed by atoms with Gasteiger partial charge in [-0.3, -0.25) is 19.4 Å². The topological polar surface area (TPSA) is 226 Å². The van der Waals surface area contributed by atoms with Gasteiger partial charge in [-0.05, 0) is 43.4 Å². The lowest BCUT2D eigenvalue weighted by molar-refractivity contribution is -0.149. The molecule has 0 saturated carbocycles. The number of aliphatic imine (C=N–C) groups is 1. The molecule has 35 heavy (non-hydrogen) atoms. The van der Waals surface area contributed by atoms with Crippen molar-refractivity contribution in [1.29, 1.82) is 0 Å². The molecule has 3 amide bonds. The molecule has 1 aromatic rings. The molecule has 2 rings (SSSR count). The summed E-state index contributed by atoms with van der Waals surface area (Å²) < 4.78 is 0. The molecular formula is C22H33N7O6. The zero-order chi connectivity index (χ0) is 26.0. The minimum atomic E-state index is -1.10. The second-order valence-corrected chi connectivity index (χ2v) is 8.29. The standard InChI is InChI=1S/C22H33N7O6/c23-15(3-1-9-26-22(24)25)19(32)27-12-18(31)28-16(11-13-5-7-14(30)8-6-13)20(33)29-10-2-4-17(29)21(34)35/h5-8,15-17,30H,1-4,9-12,23H2,(H,27,32)(H,28,31)(H,34,35)(H4,24,25,26). The van der Waals surface area contributed by atoms with Crippen molar-refractivity contribution < 1.29 is 29.4 Å². The maximum absolute atomic E-state index is 13.2. The van der Waals surface area contributed by atoms with E-state index in [1.165, 1.54) is 17.0 Å². The predicted molar refractivity (Wildman–Crippen MR) is 127 cm³/mol. The molecule has 1 saturated heterocycles. The lowest BCUT2D eigenvalue weighted by atomic mass is 10.0. The van der Waals surface area contributed by atoms with E-state index in [1.54, 1.807) is 12.1 Å². The Kier molecular flexibility index (Phi) is 10.3. The summed E-state index contributed by atoms with van der Waals surface area (Å²) in [5.74, 6) is -2.82. The van der Waals surface area contributed by atoms with Gasteiger partial charge in [-0.15, -0.1) is 0 Å². The third kappa shape index (κ3) is 8.77. The molecule has 0 aliphatic carbocycles. The number of hydrogen-bond donors (Lipinski definition) is 7. The van der Waals surface area contributed by atoms with Crippen LogP contribution in [0.4, 0.5) is 0 Å². The van der Waals surface area contributed by atoms with Gasteiger partial charge in [0.2, 0.25) is 17.7 Å². The summed E-state index contributed by atoms with van der Waals surface area (Å²) in [4.78, 5) is 54.5. The Morgan fingerprint density at radius 3 is 2.49 bits per heavy atom. The number of guanidine groups is 1. The number of nitrogens with two attached hydrogens (primary N) is 3. The molecule has 0 aromatic heterocycles. The van der Waals surface area contributed by atoms with E-state index >= 15 is 0 Å². The highest BCUT2D eigenvalue weighted by molar-refractivity contribution is 5.93. The number of rotatable bonds is 12. The van der Waals surface area contributed by atoms with E-state index in [1.807, 2.05) is 0 Å². The van der Waals surface area contributed by atoms with Crippen molar-refractivity contribution in [2.24, 2.45) is 22.2 Å². The fourth-order valence-electron chi connectivity index (χ4n) is 3.75. The number of carboxylic acid groups (broad SMARTS) is 1. The van der Waals surface area contributed by atoms with Crippen molar-refractivity contribution in [3.8, 4) is 5.75 Å². The van der Waals surface area contributed by atoms with E-state index in [0.717, 1.165) is 0 Å². The third-order valence-corrected chi connectivity index (χ3v) is 5.56. The van der Waals surface area contributed by atoms with Crippen LogP contribution in [0.1, 0.15) is 31.2 Å². The second kappa shape index (κ2) is 13.1. The van der Waals surface area contributed by atoms with E-state index in [2.05, 4.69) is 15.6 Å². The van der Waals surface area contributed by atoms with E-state index < -0.39 is 48.4 Å². The van der Waals surface area contributed by atoms with Gasteiger partial charge in [0, 0.05) is 19.5 Å². The fraction of sp³-hybridized carbons (Fsp3) is 0.500. The van der Waals surface area contributed by atoms with Crippen LogP contribution in [0.25, 0.3) is 0 Å². The molecule has 192 valence electrons. The first-order chi connectivity index (χ1) is 16.6. The molecule has 0 bridgehead atoms. The predicted octanol–water partition coefficient (Wildman–Crippen LogP) is -2.01. The maximum atomic E-state index is 13.2. The Hall–Kier alpha value is -3.87. The molecule has 0 spiro atoms. The number of likely N-dealkylation sites (tertiary alicyclic amines) is 1. The summed E-state index contributed by atoms with van der Waals surface area (Å²) in [7, 11) is 0. The first-order valence-electron chi connectivity index (χ1n) is 11.3. The Balaban J connectivity index is 1.98. The Bertz CT molecular complexity index is 933. The van der Waals surface area contributed by atoms with E-state index in [0.29, 0.717) is 37.8 Å². The minimum absolute atomic E-state index is 0.0449. The van der Waals surface area contributed by atoms with Crippen LogP contribution in [0, 0.1) is 0 Å². The fourth-order valence-corrected chi connectivity index (χ4v) is 3.75. The molecule has 3 atom stereocenters. The van der Waals surface area contributed by atoms with Crippen molar-refractivity contribution >= 4 is 29.7 Å². The van der Waals surface area contributed by atoms with Gasteiger partial charge in [-0.1, -0.05) is 12.1 Å². The molecule has 1 aromatic carbocycles. The van der Waals surface area contributed by atoms with Gasteiger partial charge in [0.05, 0.1) is 12.6 Å². The Morgan fingerprint density at radius 2 is 1.86 bits per heavy atom. The summed E-state index contributed by atoms with van der Waals surface area (Å²) >= 11 is 0. The van der Waals surface area contributed by atoms with Crippen LogP contribution in [0.2, 0.25) is 0 Å². The van der Waals surface area contributed by atoms with Crippen molar-refractivity contribution in [3.63, 3.8) is 0 Å². The summed E-state index contributed by atoms with van der Waals surface area (Å²) in [6, 6.07) is 3.21. The Labute approximate surface area is 202 Å². The number of aliphatic carboxylic acids is 1. The van der Waals surface area contributed by atoms with Crippen molar-refractivity contribution in [1.82, 2.24) is 15.5 Å². The lowest BCUT2D eigenvalue weighted by Crippen LogP contribution is -2.54. The quantitative estimate of drug-likeness (QED) is 0.0972. The highest BCUT2D eigenvalue weighted by Gasteiger charge is 2.37. The van der Waals surface area contributed by atoms with E-state index in [4.69, 9.17) is 17.2 Å². The molecular weight excluding hydrogens is 458 g/mol. The molecule has 13 heteroatoms. The molecule has 1 aliphatic rings. The number of carboxylic acids is 1. The maximum Gasteiger partial charge on any atom is 0.326 e. The number of carbonyl (C=O) groups excluding carboxylic acids is 3. The number of hydrogen-bond acceptors (Lipinski definition) is 7. The van der Waals surface area contributed by atoms with Crippen LogP contribution in [0.15, 0.2) is 29.3 Å². The first-order valence-corrected chi connectivity index (χ1v) is 11.3. The molecule has 1 fully saturated rings. The van der Waals surface area contributed by atoms with Crippen LogP contribution < -0.4 is 27.8 Å². The zero-order valence-corrected chi connectivity index (χ0v) is 19.4. The highest BCUT2D eigenvalue weighted by Crippen LogP contribution is 2.20. The number of nitrogens with one attached hydrogen (secondary N) is 2. The van der Waals surface area contributed by atoms with E-state index in [-0.39, 0.29) is 24.7 Å². The van der Waals surface area contributed by atoms with Crippen molar-refractivity contribution in [2.75, 3.05) is 19.6 Å². The zero-order valence-electron chi connectivity index (χ0n) is 19.4. The highest BCUT2D eigenvalue weighted by atomic mass is 16.4. The van der Waals surface area contributed by atoms with Gasteiger partial charge >= 0.3 is 5.97 Å². The number of carbonyl (C=O) groups is 4. The minimum Gasteiger partial charge on any atom is -0.508 e. The summed E-state index contributed by atoms with van der Waals surface area (Å²) in [6.45, 7) is 0.171. The largest absolute Gasteiger partial charge is 0.508 e. The molecule has 1 heterocycles. The normalized spacial score (nSPS) is 16.7. The average molecular weight is 492 g/mol. The molecule has 13 nitrogen and oxygen atoms in total. The number of phenolic OH excluding ortho intramolecular Hbond substituents is 1. The number of benzene rings is 1. The van der Waals surface area contributed by atoms with Gasteiger partial charge in [0.25, 0.3) is 0 Å². The van der Waals surface area contributed by atoms with Gasteiger partial charge in [-0.2, -0.15) is 0 Å². The molecule has 1 aliphatic heterocycles. The van der Waals surface area contributed by atoms with Gasteiger partial charge in [0.15, 0.2) is 5.96 Å². The number of phenols is 1. The van der Waals surface area contributed by atoms with Crippen molar-refractivity contribution in [2.45, 2.75) is 50.2 Å². The first kappa shape index (κ1) is 27.4. The summed E-state index contributed by atoms with van der Waals surface area (Å²) in [5.41, 5.74) is 16.9. The second-order valence-electron chi connectivity index (χ2n) is 8.29. The smallest absolute Gasteiger partial charge is 0.326 e.